The quantitative estimate of drug-likeness (QED) is 0.293. The molecule has 36 heavy (non-hydrogen) atoms. The van der Waals surface area contributed by atoms with Gasteiger partial charge in [0.15, 0.2) is 0 Å². The maximum absolute atomic E-state index is 14.7. The van der Waals surface area contributed by atoms with Crippen molar-refractivity contribution in [3.05, 3.63) is 106 Å². The number of benzene rings is 2. The molecule has 0 N–H and O–H groups in total. The molecule has 0 unspecified atom stereocenters. The van der Waals surface area contributed by atoms with E-state index in [2.05, 4.69) is 77.1 Å². The zero-order chi connectivity index (χ0) is 26.0. The second-order valence-electron chi connectivity index (χ2n) is 11.9. The molecule has 1 aliphatic rings. The predicted molar refractivity (Wildman–Crippen MR) is 142 cm³/mol. The minimum absolute atomic E-state index is 0.0407. The van der Waals surface area contributed by atoms with Gasteiger partial charge in [-0.1, -0.05) is 84.9 Å². The molecule has 0 atom stereocenters. The highest BCUT2D eigenvalue weighted by atomic mass is 19.1. The van der Waals surface area contributed by atoms with Gasteiger partial charge in [0.25, 0.3) is 0 Å². The molecular formula is C32H32F2N2. The van der Waals surface area contributed by atoms with E-state index in [0.717, 1.165) is 45.5 Å². The topological polar surface area (TPSA) is 25.8 Å². The Labute approximate surface area is 212 Å². The van der Waals surface area contributed by atoms with Crippen LogP contribution < -0.4 is 0 Å². The maximum atomic E-state index is 14.7. The molecule has 2 aromatic carbocycles. The van der Waals surface area contributed by atoms with E-state index in [1.54, 1.807) is 0 Å². The van der Waals surface area contributed by atoms with E-state index in [4.69, 9.17) is 9.97 Å². The SMILES string of the molecule is CC(C)(C)c1cccc(-c2ccc3c(n2)-c2nc(C(C)(C)c4ccc(F)cc4F)ccc2C3(C)C)c1. The number of fused-ring (bicyclic) bond motifs is 3. The zero-order valence-electron chi connectivity index (χ0n) is 22.0. The molecule has 4 aromatic rings. The minimum Gasteiger partial charge on any atom is -0.250 e. The van der Waals surface area contributed by atoms with Crippen LogP contribution >= 0.6 is 0 Å². The summed E-state index contributed by atoms with van der Waals surface area (Å²) < 4.78 is 28.3. The van der Waals surface area contributed by atoms with Crippen molar-refractivity contribution in [1.29, 1.82) is 0 Å². The average molecular weight is 483 g/mol. The predicted octanol–water partition coefficient (Wildman–Crippen LogP) is 8.35. The molecule has 0 bridgehead atoms. The number of aromatic nitrogens is 2. The molecule has 2 nitrogen and oxygen atoms in total. The van der Waals surface area contributed by atoms with Gasteiger partial charge in [0, 0.05) is 22.5 Å². The van der Waals surface area contributed by atoms with Crippen LogP contribution in [-0.2, 0) is 16.2 Å². The Bertz CT molecular complexity index is 1490. The first-order valence-corrected chi connectivity index (χ1v) is 12.4. The number of hydrogen-bond acceptors (Lipinski definition) is 2. The van der Waals surface area contributed by atoms with Crippen LogP contribution in [0.1, 0.15) is 76.4 Å². The van der Waals surface area contributed by atoms with Crippen molar-refractivity contribution in [2.45, 2.75) is 64.7 Å². The van der Waals surface area contributed by atoms with Crippen LogP contribution in [0.15, 0.2) is 66.7 Å². The van der Waals surface area contributed by atoms with Crippen molar-refractivity contribution in [2.75, 3.05) is 0 Å². The van der Waals surface area contributed by atoms with E-state index in [1.807, 2.05) is 19.9 Å². The second kappa shape index (κ2) is 8.06. The molecule has 0 aliphatic heterocycles. The fourth-order valence-corrected chi connectivity index (χ4v) is 5.22. The number of rotatable bonds is 3. The Hall–Kier alpha value is -3.40. The zero-order valence-corrected chi connectivity index (χ0v) is 22.0. The smallest absolute Gasteiger partial charge is 0.130 e. The first-order chi connectivity index (χ1) is 16.8. The van der Waals surface area contributed by atoms with Crippen LogP contribution in [-0.4, -0.2) is 9.97 Å². The van der Waals surface area contributed by atoms with E-state index in [-0.39, 0.29) is 10.8 Å². The molecule has 184 valence electrons. The fraction of sp³-hybridized carbons (Fsp3) is 0.312. The van der Waals surface area contributed by atoms with Crippen LogP contribution in [0.4, 0.5) is 8.78 Å². The van der Waals surface area contributed by atoms with Crippen molar-refractivity contribution < 1.29 is 8.78 Å². The van der Waals surface area contributed by atoms with E-state index in [0.29, 0.717) is 5.56 Å². The van der Waals surface area contributed by atoms with Gasteiger partial charge in [0.1, 0.15) is 11.6 Å². The average Bonchev–Trinajstić information content (AvgIpc) is 3.04. The van der Waals surface area contributed by atoms with Gasteiger partial charge in [0.2, 0.25) is 0 Å². The molecule has 2 heterocycles. The number of hydrogen-bond donors (Lipinski definition) is 0. The normalized spacial score (nSPS) is 14.5. The van der Waals surface area contributed by atoms with Gasteiger partial charge in [-0.2, -0.15) is 0 Å². The van der Waals surface area contributed by atoms with Gasteiger partial charge >= 0.3 is 0 Å². The summed E-state index contributed by atoms with van der Waals surface area (Å²) in [6, 6.07) is 20.6. The molecule has 1 aliphatic carbocycles. The first-order valence-electron chi connectivity index (χ1n) is 12.4. The van der Waals surface area contributed by atoms with Gasteiger partial charge in [-0.15, -0.1) is 0 Å². The Balaban J connectivity index is 1.65. The summed E-state index contributed by atoms with van der Waals surface area (Å²) in [5.74, 6) is -1.15. The van der Waals surface area contributed by atoms with Gasteiger partial charge in [-0.25, -0.2) is 18.7 Å². The van der Waals surface area contributed by atoms with Crippen LogP contribution in [0.5, 0.6) is 0 Å². The molecule has 4 heteroatoms. The second-order valence-corrected chi connectivity index (χ2v) is 11.9. The highest BCUT2D eigenvalue weighted by Gasteiger charge is 2.39. The summed E-state index contributed by atoms with van der Waals surface area (Å²) in [7, 11) is 0. The lowest BCUT2D eigenvalue weighted by molar-refractivity contribution is 0.524. The Morgan fingerprint density at radius 2 is 1.39 bits per heavy atom. The van der Waals surface area contributed by atoms with E-state index in [1.165, 1.54) is 17.7 Å². The van der Waals surface area contributed by atoms with Crippen molar-refractivity contribution in [1.82, 2.24) is 9.97 Å². The third-order valence-electron chi connectivity index (χ3n) is 7.63. The van der Waals surface area contributed by atoms with Crippen molar-refractivity contribution in [2.24, 2.45) is 0 Å². The van der Waals surface area contributed by atoms with Crippen LogP contribution in [0, 0.1) is 11.6 Å². The summed E-state index contributed by atoms with van der Waals surface area (Å²) in [6.07, 6.45) is 0. The summed E-state index contributed by atoms with van der Waals surface area (Å²) >= 11 is 0. The lowest BCUT2D eigenvalue weighted by atomic mass is 9.79. The van der Waals surface area contributed by atoms with E-state index < -0.39 is 17.0 Å². The monoisotopic (exact) mass is 482 g/mol. The van der Waals surface area contributed by atoms with Crippen molar-refractivity contribution in [3.8, 4) is 22.6 Å². The molecule has 5 rings (SSSR count). The lowest BCUT2D eigenvalue weighted by Gasteiger charge is -2.27. The van der Waals surface area contributed by atoms with Gasteiger partial charge in [-0.05, 0) is 51.9 Å². The van der Waals surface area contributed by atoms with Crippen molar-refractivity contribution in [3.63, 3.8) is 0 Å². The molecule has 0 radical (unpaired) electrons. The molecular weight excluding hydrogens is 450 g/mol. The summed E-state index contributed by atoms with van der Waals surface area (Å²) in [5, 5.41) is 0. The van der Waals surface area contributed by atoms with Gasteiger partial charge < -0.3 is 0 Å². The largest absolute Gasteiger partial charge is 0.250 e. The summed E-state index contributed by atoms with van der Waals surface area (Å²) in [6.45, 7) is 14.8. The number of pyridine rings is 2. The Morgan fingerprint density at radius 3 is 2.06 bits per heavy atom. The number of halogens is 2. The molecule has 2 aromatic heterocycles. The van der Waals surface area contributed by atoms with Crippen LogP contribution in [0.25, 0.3) is 22.6 Å². The molecule has 0 fully saturated rings. The van der Waals surface area contributed by atoms with Crippen molar-refractivity contribution >= 4 is 0 Å². The molecule has 0 saturated heterocycles. The number of nitrogens with zero attached hydrogens (tertiary/aromatic N) is 2. The Kier molecular flexibility index (Phi) is 5.44. The highest BCUT2D eigenvalue weighted by Crippen LogP contribution is 2.48. The molecule has 0 spiro atoms. The fourth-order valence-electron chi connectivity index (χ4n) is 5.22. The molecule has 0 saturated carbocycles. The summed E-state index contributed by atoms with van der Waals surface area (Å²) in [4.78, 5) is 10.2. The van der Waals surface area contributed by atoms with Gasteiger partial charge in [-0.3, -0.25) is 0 Å². The van der Waals surface area contributed by atoms with Crippen LogP contribution in [0.3, 0.4) is 0 Å². The summed E-state index contributed by atoms with van der Waals surface area (Å²) in [5.41, 5.74) is 7.33. The minimum atomic E-state index is -0.752. The Morgan fingerprint density at radius 1 is 0.722 bits per heavy atom. The van der Waals surface area contributed by atoms with Gasteiger partial charge in [0.05, 0.1) is 22.8 Å². The third kappa shape index (κ3) is 3.84. The lowest BCUT2D eigenvalue weighted by Crippen LogP contribution is -2.23. The highest BCUT2D eigenvalue weighted by molar-refractivity contribution is 5.77. The maximum Gasteiger partial charge on any atom is 0.130 e. The van der Waals surface area contributed by atoms with Crippen LogP contribution in [0.2, 0.25) is 0 Å². The first kappa shape index (κ1) is 24.3. The van der Waals surface area contributed by atoms with E-state index >= 15 is 0 Å². The third-order valence-corrected chi connectivity index (χ3v) is 7.63. The van der Waals surface area contributed by atoms with E-state index in [9.17, 15) is 8.78 Å². The standard InChI is InChI=1S/C32H32F2N2/c1-30(2,3)20-10-8-9-19(17-20)26-15-13-23-28(35-26)29-24(31(23,4)5)14-16-27(36-29)32(6,7)22-12-11-21(33)18-25(22)34/h8-18H,1-7H3. The molecule has 0 amide bonds.